The topological polar surface area (TPSA) is 56.3 Å². The van der Waals surface area contributed by atoms with Crippen LogP contribution in [0.5, 0.6) is 5.75 Å². The second-order valence-electron chi connectivity index (χ2n) is 8.07. The molecule has 6 nitrogen and oxygen atoms in total. The predicted octanol–water partition coefficient (Wildman–Crippen LogP) is 1.97. The number of hydrogen-bond donors (Lipinski definition) is 1. The van der Waals surface area contributed by atoms with Crippen LogP contribution in [-0.2, 0) is 11.3 Å². The molecule has 2 saturated heterocycles. The van der Waals surface area contributed by atoms with Gasteiger partial charge in [0.2, 0.25) is 5.91 Å². The summed E-state index contributed by atoms with van der Waals surface area (Å²) in [5, 5.41) is 10.4. The van der Waals surface area contributed by atoms with Crippen LogP contribution in [0.25, 0.3) is 0 Å². The summed E-state index contributed by atoms with van der Waals surface area (Å²) in [5.74, 6) is 1.01. The number of aliphatic hydroxyl groups is 1. The van der Waals surface area contributed by atoms with Gasteiger partial charge in [-0.3, -0.25) is 9.69 Å². The predicted molar refractivity (Wildman–Crippen MR) is 110 cm³/mol. The SMILES string of the molecule is CC(=O)N1CCCN(Cc2ccccc2OCC(O)CN2CCCCC2)CC1. The van der Waals surface area contributed by atoms with Gasteiger partial charge >= 0.3 is 0 Å². The van der Waals surface area contributed by atoms with Crippen molar-refractivity contribution in [3.63, 3.8) is 0 Å². The lowest BCUT2D eigenvalue weighted by molar-refractivity contribution is -0.128. The summed E-state index contributed by atoms with van der Waals surface area (Å²) in [7, 11) is 0. The molecule has 2 aliphatic rings. The normalized spacial score (nSPS) is 20.6. The Balaban J connectivity index is 1.50. The van der Waals surface area contributed by atoms with Gasteiger partial charge in [-0.1, -0.05) is 24.6 Å². The van der Waals surface area contributed by atoms with Crippen LogP contribution in [-0.4, -0.2) is 84.2 Å². The number of benzene rings is 1. The molecule has 1 unspecified atom stereocenters. The lowest BCUT2D eigenvalue weighted by atomic mass is 10.1. The quantitative estimate of drug-likeness (QED) is 0.773. The Morgan fingerprint density at radius 2 is 1.75 bits per heavy atom. The molecule has 1 aromatic carbocycles. The highest BCUT2D eigenvalue weighted by molar-refractivity contribution is 5.73. The molecule has 28 heavy (non-hydrogen) atoms. The first-order chi connectivity index (χ1) is 13.6. The molecule has 0 radical (unpaired) electrons. The van der Waals surface area contributed by atoms with E-state index >= 15 is 0 Å². The zero-order chi connectivity index (χ0) is 19.8. The first-order valence-electron chi connectivity index (χ1n) is 10.7. The maximum atomic E-state index is 11.6. The van der Waals surface area contributed by atoms with Gasteiger partial charge in [0.25, 0.3) is 0 Å². The molecule has 0 saturated carbocycles. The molecular formula is C22H35N3O3. The van der Waals surface area contributed by atoms with E-state index in [1.165, 1.54) is 19.3 Å². The third kappa shape index (κ3) is 6.47. The van der Waals surface area contributed by atoms with Gasteiger partial charge in [0, 0.05) is 51.8 Å². The largest absolute Gasteiger partial charge is 0.491 e. The number of carbonyl (C=O) groups excluding carboxylic acids is 1. The number of piperidine rings is 1. The Hall–Kier alpha value is -1.63. The number of likely N-dealkylation sites (tertiary alicyclic amines) is 1. The van der Waals surface area contributed by atoms with Crippen LogP contribution in [0.1, 0.15) is 38.2 Å². The van der Waals surface area contributed by atoms with Gasteiger partial charge in [-0.25, -0.2) is 0 Å². The maximum Gasteiger partial charge on any atom is 0.219 e. The van der Waals surface area contributed by atoms with Gasteiger partial charge in [-0.2, -0.15) is 0 Å². The van der Waals surface area contributed by atoms with Crippen molar-refractivity contribution in [1.82, 2.24) is 14.7 Å². The van der Waals surface area contributed by atoms with Crippen molar-refractivity contribution >= 4 is 5.91 Å². The molecule has 0 spiro atoms. The van der Waals surface area contributed by atoms with E-state index in [2.05, 4.69) is 15.9 Å². The van der Waals surface area contributed by atoms with Crippen LogP contribution in [0.15, 0.2) is 24.3 Å². The van der Waals surface area contributed by atoms with E-state index < -0.39 is 6.10 Å². The third-order valence-electron chi connectivity index (χ3n) is 5.75. The number of para-hydroxylation sites is 1. The van der Waals surface area contributed by atoms with E-state index in [9.17, 15) is 9.90 Å². The van der Waals surface area contributed by atoms with Crippen molar-refractivity contribution in [3.05, 3.63) is 29.8 Å². The number of aliphatic hydroxyl groups excluding tert-OH is 1. The molecule has 6 heteroatoms. The standard InChI is InChI=1S/C22H35N3O3/c1-19(26)25-13-7-12-24(14-15-25)16-20-8-3-4-9-22(20)28-18-21(27)17-23-10-5-2-6-11-23/h3-4,8-9,21,27H,2,5-7,10-18H2,1H3. The first-order valence-corrected chi connectivity index (χ1v) is 10.7. The van der Waals surface area contributed by atoms with E-state index in [0.29, 0.717) is 13.2 Å². The lowest BCUT2D eigenvalue weighted by Crippen LogP contribution is -2.38. The van der Waals surface area contributed by atoms with Crippen LogP contribution in [0.3, 0.4) is 0 Å². The molecule has 2 fully saturated rings. The summed E-state index contributed by atoms with van der Waals surface area (Å²) in [5.41, 5.74) is 1.14. The fourth-order valence-electron chi connectivity index (χ4n) is 4.14. The second kappa shape index (κ2) is 10.8. The Labute approximate surface area is 169 Å². The fourth-order valence-corrected chi connectivity index (χ4v) is 4.14. The number of nitrogens with zero attached hydrogens (tertiary/aromatic N) is 3. The first kappa shape index (κ1) is 21.1. The van der Waals surface area contributed by atoms with Crippen LogP contribution >= 0.6 is 0 Å². The van der Waals surface area contributed by atoms with Crippen LogP contribution in [0.4, 0.5) is 0 Å². The minimum atomic E-state index is -0.464. The van der Waals surface area contributed by atoms with Gasteiger partial charge in [0.15, 0.2) is 0 Å². The summed E-state index contributed by atoms with van der Waals surface area (Å²) in [6.45, 7) is 9.12. The molecule has 2 aliphatic heterocycles. The number of hydrogen-bond acceptors (Lipinski definition) is 5. The summed E-state index contributed by atoms with van der Waals surface area (Å²) in [6, 6.07) is 8.10. The highest BCUT2D eigenvalue weighted by Crippen LogP contribution is 2.21. The fraction of sp³-hybridized carbons (Fsp3) is 0.682. The Bertz CT molecular complexity index is 619. The van der Waals surface area contributed by atoms with Gasteiger partial charge in [0.1, 0.15) is 18.5 Å². The number of rotatable bonds is 7. The average molecular weight is 390 g/mol. The number of ether oxygens (including phenoxy) is 1. The van der Waals surface area contributed by atoms with E-state index in [-0.39, 0.29) is 5.91 Å². The summed E-state index contributed by atoms with van der Waals surface area (Å²) >= 11 is 0. The van der Waals surface area contributed by atoms with Crippen molar-refractivity contribution in [2.45, 2.75) is 45.3 Å². The van der Waals surface area contributed by atoms with E-state index in [4.69, 9.17) is 4.74 Å². The molecule has 0 aliphatic carbocycles. The summed E-state index contributed by atoms with van der Waals surface area (Å²) in [4.78, 5) is 18.3. The van der Waals surface area contributed by atoms with E-state index in [0.717, 1.165) is 63.5 Å². The number of β-amino-alcohol motifs (C(OH)–C–C–N with tert-alkyl or cyclic N) is 1. The second-order valence-corrected chi connectivity index (χ2v) is 8.07. The van der Waals surface area contributed by atoms with E-state index in [1.54, 1.807) is 6.92 Å². The number of carbonyl (C=O) groups is 1. The minimum Gasteiger partial charge on any atom is -0.491 e. The van der Waals surface area contributed by atoms with Gasteiger partial charge < -0.3 is 19.6 Å². The maximum absolute atomic E-state index is 11.6. The molecule has 3 rings (SSSR count). The van der Waals surface area contributed by atoms with Gasteiger partial charge in [0.05, 0.1) is 0 Å². The monoisotopic (exact) mass is 389 g/mol. The zero-order valence-electron chi connectivity index (χ0n) is 17.2. The highest BCUT2D eigenvalue weighted by Gasteiger charge is 2.19. The van der Waals surface area contributed by atoms with Crippen molar-refractivity contribution in [2.24, 2.45) is 0 Å². The molecule has 156 valence electrons. The zero-order valence-corrected chi connectivity index (χ0v) is 17.2. The van der Waals surface area contributed by atoms with Crippen molar-refractivity contribution in [1.29, 1.82) is 0 Å². The van der Waals surface area contributed by atoms with Crippen LogP contribution in [0.2, 0.25) is 0 Å². The molecule has 1 amide bonds. The van der Waals surface area contributed by atoms with Crippen molar-refractivity contribution in [3.8, 4) is 5.75 Å². The summed E-state index contributed by atoms with van der Waals surface area (Å²) in [6.07, 6.45) is 4.29. The smallest absolute Gasteiger partial charge is 0.219 e. The molecule has 1 atom stereocenters. The minimum absolute atomic E-state index is 0.160. The molecular weight excluding hydrogens is 354 g/mol. The van der Waals surface area contributed by atoms with Gasteiger partial charge in [-0.15, -0.1) is 0 Å². The molecule has 0 bridgehead atoms. The average Bonchev–Trinajstić information content (AvgIpc) is 2.94. The Kier molecular flexibility index (Phi) is 8.13. The van der Waals surface area contributed by atoms with Gasteiger partial charge in [-0.05, 0) is 38.4 Å². The lowest BCUT2D eigenvalue weighted by Gasteiger charge is -2.28. The summed E-state index contributed by atoms with van der Waals surface area (Å²) < 4.78 is 6.00. The van der Waals surface area contributed by atoms with Crippen LogP contribution in [0, 0.1) is 0 Å². The highest BCUT2D eigenvalue weighted by atomic mass is 16.5. The Morgan fingerprint density at radius 1 is 1.00 bits per heavy atom. The number of amides is 1. The van der Waals surface area contributed by atoms with Crippen LogP contribution < -0.4 is 4.74 Å². The molecule has 0 aromatic heterocycles. The van der Waals surface area contributed by atoms with Crippen molar-refractivity contribution < 1.29 is 14.6 Å². The molecule has 1 N–H and O–H groups in total. The third-order valence-corrected chi connectivity index (χ3v) is 5.75. The molecule has 1 aromatic rings. The van der Waals surface area contributed by atoms with Crippen molar-refractivity contribution in [2.75, 3.05) is 52.4 Å². The Morgan fingerprint density at radius 3 is 2.54 bits per heavy atom. The van der Waals surface area contributed by atoms with E-state index in [1.807, 2.05) is 23.1 Å². The molecule has 2 heterocycles.